The average Bonchev–Trinajstić information content (AvgIpc) is 3.21. The molecule has 4 rings (SSSR count). The predicted molar refractivity (Wildman–Crippen MR) is 101 cm³/mol. The summed E-state index contributed by atoms with van der Waals surface area (Å²) in [5, 5.41) is 3.65. The van der Waals surface area contributed by atoms with Gasteiger partial charge in [-0.15, -0.1) is 0 Å². The summed E-state index contributed by atoms with van der Waals surface area (Å²) in [5.41, 5.74) is 1.01. The van der Waals surface area contributed by atoms with Gasteiger partial charge in [0.25, 0.3) is 5.78 Å². The van der Waals surface area contributed by atoms with Gasteiger partial charge in [-0.05, 0) is 43.1 Å². The third-order valence-electron chi connectivity index (χ3n) is 5.27. The van der Waals surface area contributed by atoms with E-state index in [4.69, 9.17) is 4.74 Å². The molecule has 3 aromatic rings. The first kappa shape index (κ1) is 20.3. The minimum absolute atomic E-state index is 0.0460. The van der Waals surface area contributed by atoms with Gasteiger partial charge in [-0.25, -0.2) is 9.78 Å². The van der Waals surface area contributed by atoms with Crippen LogP contribution in [0.1, 0.15) is 46.1 Å². The molecule has 1 unspecified atom stereocenters. The standard InChI is InChI=1S/C20H20F3N5O2/c1-30-18(29)14-6-4-13(5-7-14)10-27-8-2-3-15(11-27)16-9-17(20(21,22)23)28-19(26-16)24-12-25-28/h4-7,9,12,15H,2-3,8,10-11H2,1H3. The van der Waals surface area contributed by atoms with E-state index in [9.17, 15) is 18.0 Å². The molecule has 1 aliphatic heterocycles. The van der Waals surface area contributed by atoms with Crippen LogP contribution in [0, 0.1) is 0 Å². The van der Waals surface area contributed by atoms with Gasteiger partial charge >= 0.3 is 12.1 Å². The highest BCUT2D eigenvalue weighted by Crippen LogP contribution is 2.33. The summed E-state index contributed by atoms with van der Waals surface area (Å²) < 4.78 is 45.8. The molecule has 1 atom stereocenters. The molecule has 0 bridgehead atoms. The second-order valence-corrected chi connectivity index (χ2v) is 7.30. The molecular weight excluding hydrogens is 399 g/mol. The lowest BCUT2D eigenvalue weighted by Crippen LogP contribution is -2.34. The van der Waals surface area contributed by atoms with Gasteiger partial charge in [0.05, 0.1) is 18.4 Å². The van der Waals surface area contributed by atoms with E-state index in [1.54, 1.807) is 12.1 Å². The topological polar surface area (TPSA) is 72.6 Å². The molecular formula is C20H20F3N5O2. The second-order valence-electron chi connectivity index (χ2n) is 7.30. The number of fused-ring (bicyclic) bond motifs is 1. The quantitative estimate of drug-likeness (QED) is 0.605. The van der Waals surface area contributed by atoms with E-state index in [2.05, 4.69) is 20.0 Å². The zero-order chi connectivity index (χ0) is 21.3. The summed E-state index contributed by atoms with van der Waals surface area (Å²) in [4.78, 5) is 21.9. The van der Waals surface area contributed by atoms with Gasteiger partial charge in [-0.1, -0.05) is 12.1 Å². The van der Waals surface area contributed by atoms with Crippen LogP contribution in [0.5, 0.6) is 0 Å². The Labute approximate surface area is 170 Å². The number of aromatic nitrogens is 4. The number of piperidine rings is 1. The van der Waals surface area contributed by atoms with Crippen molar-refractivity contribution < 1.29 is 22.7 Å². The first-order chi connectivity index (χ1) is 14.3. The Morgan fingerprint density at radius 3 is 2.73 bits per heavy atom. The summed E-state index contributed by atoms with van der Waals surface area (Å²) in [5.74, 6) is -0.568. The largest absolute Gasteiger partial charge is 0.465 e. The Hall–Kier alpha value is -3.01. The normalized spacial score (nSPS) is 17.9. The van der Waals surface area contributed by atoms with Gasteiger partial charge in [0.15, 0.2) is 5.69 Å². The van der Waals surface area contributed by atoms with Crippen LogP contribution in [0.4, 0.5) is 13.2 Å². The van der Waals surface area contributed by atoms with Crippen LogP contribution in [-0.4, -0.2) is 50.7 Å². The average molecular weight is 419 g/mol. The fraction of sp³-hybridized carbons (Fsp3) is 0.400. The van der Waals surface area contributed by atoms with Gasteiger partial charge < -0.3 is 4.74 Å². The van der Waals surface area contributed by atoms with E-state index < -0.39 is 17.8 Å². The molecule has 0 spiro atoms. The molecule has 0 N–H and O–H groups in total. The van der Waals surface area contributed by atoms with E-state index in [-0.39, 0.29) is 11.7 Å². The van der Waals surface area contributed by atoms with Gasteiger partial charge in [0, 0.05) is 19.0 Å². The van der Waals surface area contributed by atoms with Crippen molar-refractivity contribution in [2.75, 3.05) is 20.2 Å². The number of methoxy groups -OCH3 is 1. The van der Waals surface area contributed by atoms with Crippen molar-refractivity contribution in [1.29, 1.82) is 0 Å². The summed E-state index contributed by atoms with van der Waals surface area (Å²) in [6, 6.07) is 8.22. The van der Waals surface area contributed by atoms with Crippen molar-refractivity contribution in [1.82, 2.24) is 24.5 Å². The molecule has 0 amide bonds. The van der Waals surface area contributed by atoms with Crippen LogP contribution in [0.25, 0.3) is 5.78 Å². The lowest BCUT2D eigenvalue weighted by atomic mass is 9.93. The summed E-state index contributed by atoms with van der Waals surface area (Å²) in [6.07, 6.45) is -1.86. The number of esters is 1. The number of carbonyl (C=O) groups is 1. The van der Waals surface area contributed by atoms with Gasteiger partial charge in [0.2, 0.25) is 0 Å². The maximum Gasteiger partial charge on any atom is 0.433 e. The first-order valence-corrected chi connectivity index (χ1v) is 9.52. The maximum atomic E-state index is 13.5. The van der Waals surface area contributed by atoms with Crippen molar-refractivity contribution in [2.24, 2.45) is 0 Å². The minimum Gasteiger partial charge on any atom is -0.465 e. The van der Waals surface area contributed by atoms with Crippen LogP contribution in [-0.2, 0) is 17.5 Å². The number of halogens is 3. The van der Waals surface area contributed by atoms with Crippen molar-refractivity contribution in [3.8, 4) is 0 Å². The molecule has 3 heterocycles. The van der Waals surface area contributed by atoms with Gasteiger partial charge in [-0.2, -0.15) is 27.8 Å². The Morgan fingerprint density at radius 2 is 2.03 bits per heavy atom. The van der Waals surface area contributed by atoms with Crippen molar-refractivity contribution in [3.05, 3.63) is 59.2 Å². The Bertz CT molecular complexity index is 1050. The summed E-state index contributed by atoms with van der Waals surface area (Å²) >= 11 is 0. The first-order valence-electron chi connectivity index (χ1n) is 9.52. The molecule has 10 heteroatoms. The second kappa shape index (κ2) is 8.02. The highest BCUT2D eigenvalue weighted by Gasteiger charge is 2.36. The van der Waals surface area contributed by atoms with Crippen LogP contribution >= 0.6 is 0 Å². The molecule has 0 aliphatic carbocycles. The number of carbonyl (C=O) groups excluding carboxylic acids is 1. The molecule has 1 saturated heterocycles. The number of benzene rings is 1. The summed E-state index contributed by atoms with van der Waals surface area (Å²) in [7, 11) is 1.33. The smallest absolute Gasteiger partial charge is 0.433 e. The van der Waals surface area contributed by atoms with Crippen molar-refractivity contribution >= 4 is 11.7 Å². The number of nitrogens with zero attached hydrogens (tertiary/aromatic N) is 5. The molecule has 30 heavy (non-hydrogen) atoms. The highest BCUT2D eigenvalue weighted by atomic mass is 19.4. The molecule has 1 aliphatic rings. The predicted octanol–water partition coefficient (Wildman–Crippen LogP) is 3.31. The number of alkyl halides is 3. The maximum absolute atomic E-state index is 13.5. The van der Waals surface area contributed by atoms with Crippen LogP contribution in [0.15, 0.2) is 36.7 Å². The van der Waals surface area contributed by atoms with Crippen LogP contribution < -0.4 is 0 Å². The third-order valence-corrected chi connectivity index (χ3v) is 5.27. The fourth-order valence-electron chi connectivity index (χ4n) is 3.80. The fourth-order valence-corrected chi connectivity index (χ4v) is 3.80. The lowest BCUT2D eigenvalue weighted by molar-refractivity contribution is -0.142. The van der Waals surface area contributed by atoms with Gasteiger partial charge in [0.1, 0.15) is 6.33 Å². The van der Waals surface area contributed by atoms with Crippen molar-refractivity contribution in [2.45, 2.75) is 31.5 Å². The minimum atomic E-state index is -4.54. The monoisotopic (exact) mass is 419 g/mol. The number of hydrogen-bond acceptors (Lipinski definition) is 6. The molecule has 7 nitrogen and oxygen atoms in total. The van der Waals surface area contributed by atoms with Crippen LogP contribution in [0.2, 0.25) is 0 Å². The Kier molecular flexibility index (Phi) is 5.42. The SMILES string of the molecule is COC(=O)c1ccc(CN2CCCC(c3cc(C(F)(F)F)n4ncnc4n3)C2)cc1. The molecule has 1 fully saturated rings. The number of ether oxygens (including phenoxy) is 1. The van der Waals surface area contributed by atoms with Gasteiger partial charge in [-0.3, -0.25) is 4.90 Å². The molecule has 0 saturated carbocycles. The molecule has 1 aromatic carbocycles. The molecule has 2 aromatic heterocycles. The molecule has 158 valence electrons. The Balaban J connectivity index is 1.52. The number of rotatable bonds is 4. The third kappa shape index (κ3) is 4.13. The van der Waals surface area contributed by atoms with E-state index in [1.807, 2.05) is 12.1 Å². The van der Waals surface area contributed by atoms with E-state index in [1.165, 1.54) is 7.11 Å². The Morgan fingerprint density at radius 1 is 1.27 bits per heavy atom. The zero-order valence-electron chi connectivity index (χ0n) is 16.3. The highest BCUT2D eigenvalue weighted by molar-refractivity contribution is 5.89. The number of likely N-dealkylation sites (tertiary alicyclic amines) is 1. The zero-order valence-corrected chi connectivity index (χ0v) is 16.3. The molecule has 0 radical (unpaired) electrons. The summed E-state index contributed by atoms with van der Waals surface area (Å²) in [6.45, 7) is 2.07. The van der Waals surface area contributed by atoms with Crippen LogP contribution in [0.3, 0.4) is 0 Å². The number of hydrogen-bond donors (Lipinski definition) is 0. The van der Waals surface area contributed by atoms with E-state index >= 15 is 0 Å². The lowest BCUT2D eigenvalue weighted by Gasteiger charge is -2.32. The van der Waals surface area contributed by atoms with E-state index in [0.717, 1.165) is 41.9 Å². The van der Waals surface area contributed by atoms with E-state index in [0.29, 0.717) is 24.3 Å². The van der Waals surface area contributed by atoms with Crippen molar-refractivity contribution in [3.63, 3.8) is 0 Å².